The summed E-state index contributed by atoms with van der Waals surface area (Å²) in [5, 5.41) is 3.06. The van der Waals surface area contributed by atoms with Crippen LogP contribution in [0.25, 0.3) is 11.0 Å². The van der Waals surface area contributed by atoms with Gasteiger partial charge < -0.3 is 10.3 Å². The van der Waals surface area contributed by atoms with Gasteiger partial charge in [-0.05, 0) is 24.3 Å². The average molecular weight is 311 g/mol. The van der Waals surface area contributed by atoms with E-state index in [-0.39, 0.29) is 17.2 Å². The van der Waals surface area contributed by atoms with Gasteiger partial charge in [-0.2, -0.15) is 0 Å². The topological polar surface area (TPSA) is 74.8 Å². The van der Waals surface area contributed by atoms with E-state index in [1.54, 1.807) is 6.07 Å². The lowest BCUT2D eigenvalue weighted by Crippen LogP contribution is -2.16. The molecule has 0 aliphatic rings. The van der Waals surface area contributed by atoms with Crippen molar-refractivity contribution in [3.8, 4) is 0 Å². The number of nitrogens with one attached hydrogen (secondary N) is 2. The van der Waals surface area contributed by atoms with E-state index in [0.29, 0.717) is 16.1 Å². The number of benzene rings is 2. The summed E-state index contributed by atoms with van der Waals surface area (Å²) >= 11 is 1.12. The van der Waals surface area contributed by atoms with Gasteiger partial charge in [0.25, 0.3) is 5.56 Å². The van der Waals surface area contributed by atoms with Crippen molar-refractivity contribution in [3.63, 3.8) is 0 Å². The Labute approximate surface area is 130 Å². The summed E-state index contributed by atoms with van der Waals surface area (Å²) in [6, 6.07) is 16.5. The summed E-state index contributed by atoms with van der Waals surface area (Å²) in [6.45, 7) is 0. The molecule has 0 bridgehead atoms. The Morgan fingerprint density at radius 3 is 2.64 bits per heavy atom. The number of aromatic amines is 1. The third-order valence-electron chi connectivity index (χ3n) is 2.97. The van der Waals surface area contributed by atoms with Crippen molar-refractivity contribution in [3.05, 3.63) is 65.0 Å². The van der Waals surface area contributed by atoms with E-state index < -0.39 is 0 Å². The first-order valence-corrected chi connectivity index (χ1v) is 7.68. The van der Waals surface area contributed by atoms with E-state index >= 15 is 0 Å². The number of H-pyrrole nitrogens is 1. The van der Waals surface area contributed by atoms with Crippen LogP contribution in [0.5, 0.6) is 0 Å². The minimum Gasteiger partial charge on any atom is -0.325 e. The fraction of sp³-hybridized carbons (Fsp3) is 0.0625. The van der Waals surface area contributed by atoms with Crippen molar-refractivity contribution < 1.29 is 4.79 Å². The molecule has 1 heterocycles. The zero-order valence-electron chi connectivity index (χ0n) is 11.6. The number of rotatable bonds is 4. The van der Waals surface area contributed by atoms with Crippen LogP contribution >= 0.6 is 11.8 Å². The van der Waals surface area contributed by atoms with Gasteiger partial charge in [0.1, 0.15) is 0 Å². The van der Waals surface area contributed by atoms with Crippen LogP contribution in [0.15, 0.2) is 64.4 Å². The summed E-state index contributed by atoms with van der Waals surface area (Å²) in [6.07, 6.45) is 0. The quantitative estimate of drug-likeness (QED) is 0.726. The molecule has 3 aromatic rings. The molecule has 0 saturated heterocycles. The Morgan fingerprint density at radius 1 is 1.09 bits per heavy atom. The Bertz CT molecular complexity index is 862. The van der Waals surface area contributed by atoms with Crippen molar-refractivity contribution in [2.24, 2.45) is 0 Å². The minimum atomic E-state index is -0.281. The Balaban J connectivity index is 1.70. The zero-order chi connectivity index (χ0) is 15.4. The standard InChI is InChI=1S/C16H13N3O2S/c20-14(17-11-6-2-1-3-7-11)10-22-16-15(21)18-12-8-4-5-9-13(12)19-16/h1-9H,10H2,(H,17,20)(H,18,21). The number of carbonyl (C=O) groups is 1. The van der Waals surface area contributed by atoms with E-state index in [1.165, 1.54) is 0 Å². The lowest BCUT2D eigenvalue weighted by molar-refractivity contribution is -0.113. The number of carbonyl (C=O) groups excluding carboxylic acids is 1. The van der Waals surface area contributed by atoms with Crippen molar-refractivity contribution in [2.45, 2.75) is 5.03 Å². The molecule has 0 unspecified atom stereocenters. The van der Waals surface area contributed by atoms with E-state index in [1.807, 2.05) is 48.5 Å². The van der Waals surface area contributed by atoms with E-state index in [2.05, 4.69) is 15.3 Å². The molecule has 2 N–H and O–H groups in total. The number of anilines is 1. The molecule has 3 rings (SSSR count). The van der Waals surface area contributed by atoms with Gasteiger partial charge in [0.15, 0.2) is 5.03 Å². The summed E-state index contributed by atoms with van der Waals surface area (Å²) < 4.78 is 0. The third kappa shape index (κ3) is 3.35. The maximum Gasteiger partial charge on any atom is 0.280 e. The van der Waals surface area contributed by atoms with Crippen LogP contribution in [0.1, 0.15) is 0 Å². The van der Waals surface area contributed by atoms with Gasteiger partial charge in [-0.15, -0.1) is 0 Å². The monoisotopic (exact) mass is 311 g/mol. The first-order chi connectivity index (χ1) is 10.7. The SMILES string of the molecule is O=C(CSc1nc2ccccc2[nH]c1=O)Nc1ccccc1. The lowest BCUT2D eigenvalue weighted by Gasteiger charge is -2.05. The molecule has 0 atom stereocenters. The minimum absolute atomic E-state index is 0.128. The smallest absolute Gasteiger partial charge is 0.280 e. The van der Waals surface area contributed by atoms with E-state index in [0.717, 1.165) is 17.4 Å². The molecular weight excluding hydrogens is 298 g/mol. The lowest BCUT2D eigenvalue weighted by atomic mass is 10.3. The molecule has 0 aliphatic carbocycles. The Hall–Kier alpha value is -2.60. The van der Waals surface area contributed by atoms with Gasteiger partial charge in [-0.3, -0.25) is 9.59 Å². The van der Waals surface area contributed by atoms with Crippen LogP contribution in [-0.2, 0) is 4.79 Å². The molecule has 0 spiro atoms. The van der Waals surface area contributed by atoms with Gasteiger partial charge in [0, 0.05) is 5.69 Å². The first-order valence-electron chi connectivity index (χ1n) is 6.69. The first kappa shape index (κ1) is 14.3. The van der Waals surface area contributed by atoms with Gasteiger partial charge in [0.2, 0.25) is 5.91 Å². The highest BCUT2D eigenvalue weighted by atomic mass is 32.2. The molecule has 5 nitrogen and oxygen atoms in total. The Kier molecular flexibility index (Phi) is 4.20. The van der Waals surface area contributed by atoms with Crippen LogP contribution < -0.4 is 10.9 Å². The number of hydrogen-bond donors (Lipinski definition) is 2. The molecule has 1 aromatic heterocycles. The molecule has 0 fully saturated rings. The van der Waals surface area contributed by atoms with E-state index in [9.17, 15) is 9.59 Å². The largest absolute Gasteiger partial charge is 0.325 e. The second kappa shape index (κ2) is 6.44. The van der Waals surface area contributed by atoms with Crippen LogP contribution in [0.2, 0.25) is 0 Å². The van der Waals surface area contributed by atoms with Crippen LogP contribution in [0.3, 0.4) is 0 Å². The number of nitrogens with zero attached hydrogens (tertiary/aromatic N) is 1. The molecule has 0 radical (unpaired) electrons. The summed E-state index contributed by atoms with van der Waals surface area (Å²) in [5.41, 5.74) is 1.84. The highest BCUT2D eigenvalue weighted by Crippen LogP contribution is 2.15. The zero-order valence-corrected chi connectivity index (χ0v) is 12.4. The fourth-order valence-electron chi connectivity index (χ4n) is 1.96. The number of para-hydroxylation sites is 3. The third-order valence-corrected chi connectivity index (χ3v) is 3.92. The fourth-order valence-corrected chi connectivity index (χ4v) is 2.65. The maximum atomic E-state index is 11.9. The number of aromatic nitrogens is 2. The van der Waals surface area contributed by atoms with Crippen LogP contribution in [0, 0.1) is 0 Å². The maximum absolute atomic E-state index is 11.9. The van der Waals surface area contributed by atoms with Crippen molar-refractivity contribution in [2.75, 3.05) is 11.1 Å². The second-order valence-electron chi connectivity index (χ2n) is 4.59. The predicted molar refractivity (Wildman–Crippen MR) is 88.2 cm³/mol. The Morgan fingerprint density at radius 2 is 1.82 bits per heavy atom. The molecule has 110 valence electrons. The van der Waals surface area contributed by atoms with Gasteiger partial charge in [-0.1, -0.05) is 42.1 Å². The second-order valence-corrected chi connectivity index (χ2v) is 5.56. The molecule has 1 amide bonds. The number of hydrogen-bond acceptors (Lipinski definition) is 4. The van der Waals surface area contributed by atoms with Gasteiger partial charge >= 0.3 is 0 Å². The summed E-state index contributed by atoms with van der Waals surface area (Å²) in [5.74, 6) is -0.0471. The highest BCUT2D eigenvalue weighted by Gasteiger charge is 2.09. The van der Waals surface area contributed by atoms with Gasteiger partial charge in [-0.25, -0.2) is 4.98 Å². The van der Waals surface area contributed by atoms with Crippen LogP contribution in [-0.4, -0.2) is 21.6 Å². The van der Waals surface area contributed by atoms with Crippen LogP contribution in [0.4, 0.5) is 5.69 Å². The molecule has 2 aromatic carbocycles. The van der Waals surface area contributed by atoms with Crippen molar-refractivity contribution in [1.82, 2.24) is 9.97 Å². The predicted octanol–water partition coefficient (Wildman–Crippen LogP) is 2.65. The average Bonchev–Trinajstić information content (AvgIpc) is 2.54. The molecular formula is C16H13N3O2S. The molecule has 0 aliphatic heterocycles. The van der Waals surface area contributed by atoms with Gasteiger partial charge in [0.05, 0.1) is 16.8 Å². The van der Waals surface area contributed by atoms with Crippen molar-refractivity contribution >= 4 is 34.4 Å². The highest BCUT2D eigenvalue weighted by molar-refractivity contribution is 7.99. The summed E-state index contributed by atoms with van der Waals surface area (Å²) in [4.78, 5) is 30.9. The normalized spacial score (nSPS) is 10.5. The van der Waals surface area contributed by atoms with E-state index in [4.69, 9.17) is 0 Å². The molecule has 22 heavy (non-hydrogen) atoms. The summed E-state index contributed by atoms with van der Waals surface area (Å²) in [7, 11) is 0. The number of amides is 1. The molecule has 0 saturated carbocycles. The molecule has 6 heteroatoms. The number of fused-ring (bicyclic) bond motifs is 1. The van der Waals surface area contributed by atoms with Crippen molar-refractivity contribution in [1.29, 1.82) is 0 Å². The number of thioether (sulfide) groups is 1.